The van der Waals surface area contributed by atoms with E-state index in [1.807, 2.05) is 24.3 Å². The van der Waals surface area contributed by atoms with E-state index in [4.69, 9.17) is 4.42 Å². The van der Waals surface area contributed by atoms with Crippen LogP contribution in [0.3, 0.4) is 0 Å². The lowest BCUT2D eigenvalue weighted by Crippen LogP contribution is -2.22. The zero-order valence-electron chi connectivity index (χ0n) is 16.9. The summed E-state index contributed by atoms with van der Waals surface area (Å²) in [4.78, 5) is 30.0. The number of aromatic nitrogens is 3. The minimum Gasteiger partial charge on any atom is -0.467 e. The van der Waals surface area contributed by atoms with Crippen molar-refractivity contribution in [1.82, 2.24) is 20.1 Å². The third kappa shape index (κ3) is 3.40. The third-order valence-electron chi connectivity index (χ3n) is 5.39. The van der Waals surface area contributed by atoms with Crippen LogP contribution in [0.2, 0.25) is 0 Å². The van der Waals surface area contributed by atoms with Crippen LogP contribution >= 0.6 is 0 Å². The molecule has 5 rings (SSSR count). The summed E-state index contributed by atoms with van der Waals surface area (Å²) in [5, 5.41) is 7.22. The van der Waals surface area contributed by atoms with Crippen LogP contribution in [0, 0.1) is 0 Å². The highest BCUT2D eigenvalue weighted by Crippen LogP contribution is 2.22. The molecule has 0 unspecified atom stereocenters. The zero-order valence-corrected chi connectivity index (χ0v) is 16.9. The van der Waals surface area contributed by atoms with Crippen LogP contribution in [-0.4, -0.2) is 20.7 Å². The van der Waals surface area contributed by atoms with Gasteiger partial charge in [-0.25, -0.2) is 4.68 Å². The summed E-state index contributed by atoms with van der Waals surface area (Å²) in [7, 11) is 0. The molecule has 3 aromatic heterocycles. The van der Waals surface area contributed by atoms with Gasteiger partial charge in [0.25, 0.3) is 11.5 Å². The predicted octanol–water partition coefficient (Wildman–Crippen LogP) is 3.95. The van der Waals surface area contributed by atoms with E-state index in [0.29, 0.717) is 39.7 Å². The van der Waals surface area contributed by atoms with Crippen molar-refractivity contribution in [3.05, 3.63) is 94.3 Å². The molecule has 3 heterocycles. The molecule has 7 nitrogen and oxygen atoms in total. The number of nitrogens with one attached hydrogen (secondary N) is 2. The van der Waals surface area contributed by atoms with Gasteiger partial charge in [-0.05, 0) is 54.4 Å². The number of hydrogen-bond acceptors (Lipinski definition) is 4. The molecule has 0 spiro atoms. The zero-order chi connectivity index (χ0) is 21.4. The lowest BCUT2D eigenvalue weighted by molar-refractivity contribution is 0.0948. The number of aromatic amines is 1. The summed E-state index contributed by atoms with van der Waals surface area (Å²) >= 11 is 0. The lowest BCUT2D eigenvalue weighted by Gasteiger charge is -2.05. The molecule has 0 aliphatic rings. The molecule has 0 bridgehead atoms. The van der Waals surface area contributed by atoms with E-state index in [9.17, 15) is 9.59 Å². The second kappa shape index (κ2) is 7.60. The fraction of sp³-hybridized carbons (Fsp3) is 0.125. The number of aryl methyl sites for hydroxylation is 1. The quantitative estimate of drug-likeness (QED) is 0.457. The van der Waals surface area contributed by atoms with Gasteiger partial charge in [0.05, 0.1) is 34.9 Å². The number of carbonyl (C=O) groups excluding carboxylic acids is 1. The van der Waals surface area contributed by atoms with Crippen LogP contribution in [0.4, 0.5) is 0 Å². The maximum atomic E-state index is 13.0. The Hall–Kier alpha value is -4.13. The van der Waals surface area contributed by atoms with Gasteiger partial charge in [0.2, 0.25) is 0 Å². The number of carbonyl (C=O) groups is 1. The first kappa shape index (κ1) is 18.9. The van der Waals surface area contributed by atoms with E-state index in [1.165, 1.54) is 10.2 Å². The van der Waals surface area contributed by atoms with E-state index < -0.39 is 0 Å². The van der Waals surface area contributed by atoms with Crippen molar-refractivity contribution in [2.45, 2.75) is 19.9 Å². The highest BCUT2D eigenvalue weighted by atomic mass is 16.3. The monoisotopic (exact) mass is 412 g/mol. The molecule has 2 aromatic carbocycles. The maximum absolute atomic E-state index is 13.0. The van der Waals surface area contributed by atoms with Gasteiger partial charge in [-0.2, -0.15) is 0 Å². The largest absolute Gasteiger partial charge is 0.467 e. The van der Waals surface area contributed by atoms with Gasteiger partial charge in [0.1, 0.15) is 5.76 Å². The van der Waals surface area contributed by atoms with Gasteiger partial charge in [0.15, 0.2) is 0 Å². The molecular weight excluding hydrogens is 392 g/mol. The van der Waals surface area contributed by atoms with Crippen molar-refractivity contribution < 1.29 is 9.21 Å². The number of nitrogens with zero attached hydrogens (tertiary/aromatic N) is 2. The fourth-order valence-electron chi connectivity index (χ4n) is 3.64. The molecule has 7 heteroatoms. The van der Waals surface area contributed by atoms with E-state index >= 15 is 0 Å². The minimum absolute atomic E-state index is 0.179. The molecule has 0 aliphatic carbocycles. The summed E-state index contributed by atoms with van der Waals surface area (Å²) < 4.78 is 6.76. The maximum Gasteiger partial charge on any atom is 0.280 e. The molecule has 0 aliphatic heterocycles. The van der Waals surface area contributed by atoms with Crippen LogP contribution in [0.25, 0.3) is 27.5 Å². The van der Waals surface area contributed by atoms with Crippen molar-refractivity contribution in [3.63, 3.8) is 0 Å². The van der Waals surface area contributed by atoms with Gasteiger partial charge in [-0.1, -0.05) is 19.1 Å². The average Bonchev–Trinajstić information content (AvgIpc) is 3.45. The first-order chi connectivity index (χ1) is 15.1. The Balaban J connectivity index is 1.55. The van der Waals surface area contributed by atoms with Gasteiger partial charge in [-0.15, -0.1) is 0 Å². The molecule has 0 saturated carbocycles. The summed E-state index contributed by atoms with van der Waals surface area (Å²) in [5.74, 6) is 0.445. The Morgan fingerprint density at radius 1 is 1.13 bits per heavy atom. The van der Waals surface area contributed by atoms with E-state index in [2.05, 4.69) is 22.3 Å². The van der Waals surface area contributed by atoms with Gasteiger partial charge in [0, 0.05) is 17.1 Å². The number of amides is 1. The van der Waals surface area contributed by atoms with Crippen LogP contribution in [0.1, 0.15) is 28.6 Å². The molecule has 0 radical (unpaired) electrons. The Labute approximate surface area is 177 Å². The van der Waals surface area contributed by atoms with Crippen LogP contribution in [-0.2, 0) is 13.0 Å². The highest BCUT2D eigenvalue weighted by molar-refractivity contribution is 6.06. The molecule has 0 atom stereocenters. The topological polar surface area (TPSA) is 92.9 Å². The number of hydrogen-bond donors (Lipinski definition) is 2. The normalized spacial score (nSPS) is 11.3. The molecule has 0 fully saturated rings. The minimum atomic E-state index is -0.229. The molecule has 31 heavy (non-hydrogen) atoms. The first-order valence-corrected chi connectivity index (χ1v) is 10.1. The lowest BCUT2D eigenvalue weighted by atomic mass is 10.1. The SMILES string of the molecule is CCc1ccc(-n2[nH]c3c(cnc4ccc(C(=O)NCc5ccco5)cc43)c2=O)cc1. The molecule has 0 saturated heterocycles. The standard InChI is InChI=1S/C24H20N4O3/c1-2-15-5-8-17(9-6-15)28-24(30)20-14-25-21-10-7-16(12-19(21)22(20)27-28)23(29)26-13-18-4-3-11-31-18/h3-12,14,27H,2,13H2,1H3,(H,26,29). The molecule has 2 N–H and O–H groups in total. The Bertz CT molecular complexity index is 1440. The molecule has 1 amide bonds. The Morgan fingerprint density at radius 2 is 1.97 bits per heavy atom. The van der Waals surface area contributed by atoms with E-state index in [1.54, 1.807) is 42.8 Å². The number of benzene rings is 2. The predicted molar refractivity (Wildman–Crippen MR) is 118 cm³/mol. The smallest absolute Gasteiger partial charge is 0.280 e. The number of furan rings is 1. The van der Waals surface area contributed by atoms with E-state index in [0.717, 1.165) is 12.1 Å². The van der Waals surface area contributed by atoms with Gasteiger partial charge < -0.3 is 9.73 Å². The molecule has 154 valence electrons. The second-order valence-electron chi connectivity index (χ2n) is 7.31. The molecular formula is C24H20N4O3. The van der Waals surface area contributed by atoms with Crippen molar-refractivity contribution in [2.24, 2.45) is 0 Å². The van der Waals surface area contributed by atoms with Crippen molar-refractivity contribution >= 4 is 27.7 Å². The van der Waals surface area contributed by atoms with Gasteiger partial charge in [-0.3, -0.25) is 19.7 Å². The first-order valence-electron chi connectivity index (χ1n) is 10.1. The summed E-state index contributed by atoms with van der Waals surface area (Å²) in [6.07, 6.45) is 4.07. The average molecular weight is 412 g/mol. The van der Waals surface area contributed by atoms with Crippen LogP contribution < -0.4 is 10.9 Å². The number of H-pyrrole nitrogens is 1. The summed E-state index contributed by atoms with van der Waals surface area (Å²) in [6.45, 7) is 2.39. The summed E-state index contributed by atoms with van der Waals surface area (Å²) in [5.41, 5.74) is 3.60. The number of fused-ring (bicyclic) bond motifs is 3. The number of pyridine rings is 1. The fourth-order valence-corrected chi connectivity index (χ4v) is 3.64. The second-order valence-corrected chi connectivity index (χ2v) is 7.31. The highest BCUT2D eigenvalue weighted by Gasteiger charge is 2.14. The third-order valence-corrected chi connectivity index (χ3v) is 5.39. The van der Waals surface area contributed by atoms with Crippen molar-refractivity contribution in [2.75, 3.05) is 0 Å². The Kier molecular flexibility index (Phi) is 4.63. The van der Waals surface area contributed by atoms with Crippen LogP contribution in [0.5, 0.6) is 0 Å². The Morgan fingerprint density at radius 3 is 2.71 bits per heavy atom. The van der Waals surface area contributed by atoms with Crippen molar-refractivity contribution in [1.29, 1.82) is 0 Å². The van der Waals surface area contributed by atoms with Gasteiger partial charge >= 0.3 is 0 Å². The van der Waals surface area contributed by atoms with E-state index in [-0.39, 0.29) is 11.5 Å². The molecule has 5 aromatic rings. The summed E-state index contributed by atoms with van der Waals surface area (Å²) in [6, 6.07) is 16.7. The number of rotatable bonds is 5. The van der Waals surface area contributed by atoms with Crippen LogP contribution in [0.15, 0.2) is 76.3 Å². The van der Waals surface area contributed by atoms with Crippen molar-refractivity contribution in [3.8, 4) is 5.69 Å².